The second kappa shape index (κ2) is 3.84. The van der Waals surface area contributed by atoms with Crippen molar-refractivity contribution in [3.63, 3.8) is 0 Å². The monoisotopic (exact) mass is 274 g/mol. The van der Waals surface area contributed by atoms with Gasteiger partial charge in [-0.3, -0.25) is 0 Å². The van der Waals surface area contributed by atoms with E-state index in [0.717, 1.165) is 10.7 Å². The lowest BCUT2D eigenvalue weighted by Crippen LogP contribution is -2.43. The van der Waals surface area contributed by atoms with Crippen molar-refractivity contribution in [2.24, 2.45) is 0 Å². The summed E-state index contributed by atoms with van der Waals surface area (Å²) in [5.74, 6) is 0. The molecule has 0 radical (unpaired) electrons. The number of hydrogen-bond donors (Lipinski definition) is 1. The van der Waals surface area contributed by atoms with Crippen LogP contribution in [0.4, 0.5) is 11.4 Å². The number of allylic oxidation sites excluding steroid dienone is 2. The van der Waals surface area contributed by atoms with Gasteiger partial charge in [-0.25, -0.2) is 0 Å². The molecule has 1 aliphatic carbocycles. The van der Waals surface area contributed by atoms with Crippen molar-refractivity contribution in [1.29, 1.82) is 0 Å². The summed E-state index contributed by atoms with van der Waals surface area (Å²) in [7, 11) is 0. The van der Waals surface area contributed by atoms with Crippen LogP contribution >= 0.6 is 23.4 Å². The number of thioether (sulfide) groups is 1. The van der Waals surface area contributed by atoms with Crippen LogP contribution in [0, 0.1) is 0 Å². The minimum atomic E-state index is 0.267. The van der Waals surface area contributed by atoms with Crippen LogP contribution in [0.2, 0.25) is 5.02 Å². The van der Waals surface area contributed by atoms with Crippen molar-refractivity contribution in [1.82, 2.24) is 0 Å². The Morgan fingerprint density at radius 1 is 1.28 bits per heavy atom. The average Bonchev–Trinajstić information content (AvgIpc) is 2.76. The van der Waals surface area contributed by atoms with Gasteiger partial charge in [0.1, 0.15) is 0 Å². The van der Waals surface area contributed by atoms with Gasteiger partial charge in [0, 0.05) is 5.02 Å². The number of hydrogen-bond acceptors (Lipinski definition) is 3. The lowest BCUT2D eigenvalue weighted by atomic mass is 10.0. The van der Waals surface area contributed by atoms with Crippen molar-refractivity contribution in [2.75, 3.05) is 10.2 Å². The number of nitrogens with zero attached hydrogens (tertiary/aromatic N) is 1. The summed E-state index contributed by atoms with van der Waals surface area (Å²) in [6, 6.07) is 6.38. The third-order valence-electron chi connectivity index (χ3n) is 3.44. The number of benzene rings is 1. The zero-order valence-electron chi connectivity index (χ0n) is 9.51. The molecule has 1 N–H and O–H groups in total. The third kappa shape index (κ3) is 1.44. The van der Waals surface area contributed by atoms with Crippen LogP contribution in [0.5, 0.6) is 0 Å². The fraction of sp³-hybridized carbons (Fsp3) is 0.143. The highest BCUT2D eigenvalue weighted by Gasteiger charge is 2.37. The SMILES string of the molecule is Clc1ccc2c(c1)N[C@@H]1SC=C3C=CC=C[C@H]3N21. The van der Waals surface area contributed by atoms with E-state index < -0.39 is 0 Å². The Morgan fingerprint density at radius 3 is 3.17 bits per heavy atom. The van der Waals surface area contributed by atoms with Gasteiger partial charge in [-0.05, 0) is 29.2 Å². The van der Waals surface area contributed by atoms with Crippen LogP contribution < -0.4 is 10.2 Å². The number of nitrogens with one attached hydrogen (secondary N) is 1. The summed E-state index contributed by atoms with van der Waals surface area (Å²) >= 11 is 7.86. The van der Waals surface area contributed by atoms with Crippen molar-refractivity contribution in [3.05, 3.63) is 58.5 Å². The van der Waals surface area contributed by atoms with Crippen LogP contribution in [-0.2, 0) is 0 Å². The first-order valence-corrected chi connectivity index (χ1v) is 7.20. The summed E-state index contributed by atoms with van der Waals surface area (Å²) in [5.41, 5.74) is 3.97. The van der Waals surface area contributed by atoms with Crippen molar-refractivity contribution in [2.45, 2.75) is 11.5 Å². The number of halogens is 1. The van der Waals surface area contributed by atoms with Gasteiger partial charge in [0.2, 0.25) is 0 Å². The van der Waals surface area contributed by atoms with Crippen molar-refractivity contribution >= 4 is 34.7 Å². The Kier molecular flexibility index (Phi) is 2.26. The van der Waals surface area contributed by atoms with Crippen molar-refractivity contribution in [3.8, 4) is 0 Å². The highest BCUT2D eigenvalue weighted by atomic mass is 35.5. The van der Waals surface area contributed by atoms with Gasteiger partial charge in [-0.2, -0.15) is 0 Å². The molecule has 0 spiro atoms. The molecule has 90 valence electrons. The van der Waals surface area contributed by atoms with Gasteiger partial charge in [0.25, 0.3) is 0 Å². The molecule has 0 saturated heterocycles. The highest BCUT2D eigenvalue weighted by molar-refractivity contribution is 8.03. The Hall–Kier alpha value is -1.32. The van der Waals surface area contributed by atoms with Gasteiger partial charge < -0.3 is 10.2 Å². The van der Waals surface area contributed by atoms with E-state index in [-0.39, 0.29) is 5.50 Å². The predicted molar refractivity (Wildman–Crippen MR) is 79.1 cm³/mol. The van der Waals surface area contributed by atoms with E-state index in [4.69, 9.17) is 11.6 Å². The predicted octanol–water partition coefficient (Wildman–Crippen LogP) is 3.98. The molecule has 2 heterocycles. The molecule has 2 aliphatic heterocycles. The highest BCUT2D eigenvalue weighted by Crippen LogP contribution is 2.46. The van der Waals surface area contributed by atoms with Crippen LogP contribution in [0.1, 0.15) is 0 Å². The van der Waals surface area contributed by atoms with E-state index in [1.54, 1.807) is 11.8 Å². The van der Waals surface area contributed by atoms with Crippen molar-refractivity contribution < 1.29 is 0 Å². The fourth-order valence-electron chi connectivity index (χ4n) is 2.62. The topological polar surface area (TPSA) is 15.3 Å². The molecule has 0 fully saturated rings. The molecular formula is C14H11ClN2S. The summed E-state index contributed by atoms with van der Waals surface area (Å²) in [6.07, 6.45) is 8.63. The van der Waals surface area contributed by atoms with E-state index in [0.29, 0.717) is 6.04 Å². The third-order valence-corrected chi connectivity index (χ3v) is 4.68. The molecule has 4 rings (SSSR count). The maximum absolute atomic E-state index is 6.05. The molecule has 0 amide bonds. The second-order valence-electron chi connectivity index (χ2n) is 4.51. The Morgan fingerprint density at radius 2 is 2.22 bits per heavy atom. The Labute approximate surface area is 115 Å². The number of anilines is 2. The van der Waals surface area contributed by atoms with E-state index in [2.05, 4.69) is 46.0 Å². The zero-order chi connectivity index (χ0) is 12.1. The summed E-state index contributed by atoms with van der Waals surface area (Å²) < 4.78 is 0. The van der Waals surface area contributed by atoms with Crippen LogP contribution in [0.3, 0.4) is 0 Å². The maximum Gasteiger partial charge on any atom is 0.153 e. The molecule has 0 unspecified atom stereocenters. The molecular weight excluding hydrogens is 264 g/mol. The molecule has 1 aromatic rings. The molecule has 0 bridgehead atoms. The number of fused-ring (bicyclic) bond motifs is 5. The van der Waals surface area contributed by atoms with E-state index >= 15 is 0 Å². The first-order chi connectivity index (χ1) is 8.83. The molecule has 18 heavy (non-hydrogen) atoms. The van der Waals surface area contributed by atoms with Gasteiger partial charge in [0.05, 0.1) is 17.4 Å². The standard InChI is InChI=1S/C14H11ClN2S/c15-10-5-6-13-11(7-10)16-14-17(13)12-4-2-1-3-9(12)8-18-14/h1-8,12,14,16H/t12-,14+/m1/s1. The molecule has 2 atom stereocenters. The van der Waals surface area contributed by atoms with Gasteiger partial charge in [-0.1, -0.05) is 47.7 Å². The molecule has 0 saturated carbocycles. The Balaban J connectivity index is 1.82. The van der Waals surface area contributed by atoms with E-state index in [1.165, 1.54) is 11.3 Å². The van der Waals surface area contributed by atoms with Crippen LogP contribution in [0.15, 0.2) is 53.5 Å². The van der Waals surface area contributed by atoms with E-state index in [9.17, 15) is 0 Å². The fourth-order valence-corrected chi connectivity index (χ4v) is 3.87. The van der Waals surface area contributed by atoms with Crippen LogP contribution in [-0.4, -0.2) is 11.5 Å². The maximum atomic E-state index is 6.05. The summed E-state index contributed by atoms with van der Waals surface area (Å²) in [5, 5.41) is 6.53. The quantitative estimate of drug-likeness (QED) is 0.770. The second-order valence-corrected chi connectivity index (χ2v) is 5.90. The molecule has 2 nitrogen and oxygen atoms in total. The zero-order valence-corrected chi connectivity index (χ0v) is 11.1. The molecule has 0 aromatic heterocycles. The lowest BCUT2D eigenvalue weighted by molar-refractivity contribution is 0.782. The first-order valence-electron chi connectivity index (χ1n) is 5.88. The van der Waals surface area contributed by atoms with Crippen LogP contribution in [0.25, 0.3) is 0 Å². The summed E-state index contributed by atoms with van der Waals surface area (Å²) in [4.78, 5) is 2.41. The minimum absolute atomic E-state index is 0.267. The van der Waals surface area contributed by atoms with E-state index in [1.807, 2.05) is 12.1 Å². The van der Waals surface area contributed by atoms with Gasteiger partial charge in [-0.15, -0.1) is 0 Å². The number of rotatable bonds is 0. The van der Waals surface area contributed by atoms with Gasteiger partial charge in [0.15, 0.2) is 5.50 Å². The smallest absolute Gasteiger partial charge is 0.153 e. The minimum Gasteiger partial charge on any atom is -0.355 e. The molecule has 3 aliphatic rings. The molecule has 4 heteroatoms. The largest absolute Gasteiger partial charge is 0.355 e. The molecule has 1 aromatic carbocycles. The van der Waals surface area contributed by atoms with Gasteiger partial charge >= 0.3 is 0 Å². The Bertz CT molecular complexity index is 606. The normalized spacial score (nSPS) is 27.2. The average molecular weight is 275 g/mol. The lowest BCUT2D eigenvalue weighted by Gasteiger charge is -2.37. The first kappa shape index (κ1) is 10.6. The summed E-state index contributed by atoms with van der Waals surface area (Å²) in [6.45, 7) is 0.